The maximum Gasteiger partial charge on any atom is 0.0932 e. The molecule has 3 rings (SSSR count). The van der Waals surface area contributed by atoms with Crippen LogP contribution in [-0.2, 0) is 0 Å². The summed E-state index contributed by atoms with van der Waals surface area (Å²) in [4.78, 5) is 2.21. The Kier molecular flexibility index (Phi) is 3.38. The molecule has 1 fully saturated rings. The molecule has 19 heavy (non-hydrogen) atoms. The van der Waals surface area contributed by atoms with Gasteiger partial charge >= 0.3 is 0 Å². The number of aliphatic hydroxyl groups is 1. The molecule has 0 bridgehead atoms. The highest BCUT2D eigenvalue weighted by atomic mass is 16.3. The monoisotopic (exact) mass is 254 g/mol. The summed E-state index contributed by atoms with van der Waals surface area (Å²) in [5, 5.41) is 13.6. The molecule has 2 aromatic carbocycles. The van der Waals surface area contributed by atoms with E-state index in [0.29, 0.717) is 6.54 Å². The van der Waals surface area contributed by atoms with Crippen LogP contribution in [0.2, 0.25) is 0 Å². The molecule has 2 N–H and O–H groups in total. The van der Waals surface area contributed by atoms with Gasteiger partial charge in [0.15, 0.2) is 0 Å². The number of para-hydroxylation sites is 2. The summed E-state index contributed by atoms with van der Waals surface area (Å²) >= 11 is 0. The summed E-state index contributed by atoms with van der Waals surface area (Å²) in [6, 6.07) is 20.3. The number of benzene rings is 2. The standard InChI is InChI=1S/C16H18N2O/c19-16-12-18(14-9-5-2-6-10-14)11-15(16)17-13-7-3-1-4-8-13/h1-10,15-17,19H,11-12H2. The van der Waals surface area contributed by atoms with Gasteiger partial charge in [-0.1, -0.05) is 36.4 Å². The summed E-state index contributed by atoms with van der Waals surface area (Å²) < 4.78 is 0. The van der Waals surface area contributed by atoms with Gasteiger partial charge in [0.2, 0.25) is 0 Å². The second kappa shape index (κ2) is 5.33. The first kappa shape index (κ1) is 12.1. The molecule has 2 unspecified atom stereocenters. The first-order valence-corrected chi connectivity index (χ1v) is 6.62. The lowest BCUT2D eigenvalue weighted by Crippen LogP contribution is -2.32. The minimum atomic E-state index is -0.347. The van der Waals surface area contributed by atoms with E-state index in [9.17, 15) is 5.11 Å². The fourth-order valence-electron chi connectivity index (χ4n) is 2.53. The fraction of sp³-hybridized carbons (Fsp3) is 0.250. The maximum atomic E-state index is 10.2. The van der Waals surface area contributed by atoms with Crippen LogP contribution in [0.5, 0.6) is 0 Å². The van der Waals surface area contributed by atoms with Gasteiger partial charge in [-0.25, -0.2) is 0 Å². The van der Waals surface area contributed by atoms with Crippen molar-refractivity contribution in [2.24, 2.45) is 0 Å². The number of hydrogen-bond donors (Lipinski definition) is 2. The van der Waals surface area contributed by atoms with E-state index < -0.39 is 0 Å². The van der Waals surface area contributed by atoms with Crippen LogP contribution in [0, 0.1) is 0 Å². The van der Waals surface area contributed by atoms with Gasteiger partial charge < -0.3 is 15.3 Å². The first-order valence-electron chi connectivity index (χ1n) is 6.62. The first-order chi connectivity index (χ1) is 9.33. The van der Waals surface area contributed by atoms with E-state index in [1.54, 1.807) is 0 Å². The third-order valence-corrected chi connectivity index (χ3v) is 3.54. The van der Waals surface area contributed by atoms with Crippen molar-refractivity contribution in [2.75, 3.05) is 23.3 Å². The van der Waals surface area contributed by atoms with Gasteiger partial charge in [0.25, 0.3) is 0 Å². The zero-order valence-corrected chi connectivity index (χ0v) is 10.7. The smallest absolute Gasteiger partial charge is 0.0932 e. The second-order valence-corrected chi connectivity index (χ2v) is 4.92. The Morgan fingerprint density at radius 3 is 2.21 bits per heavy atom. The Labute approximate surface area is 113 Å². The molecule has 1 heterocycles. The fourth-order valence-corrected chi connectivity index (χ4v) is 2.53. The Balaban J connectivity index is 1.69. The second-order valence-electron chi connectivity index (χ2n) is 4.92. The molecule has 1 saturated heterocycles. The topological polar surface area (TPSA) is 35.5 Å². The van der Waals surface area contributed by atoms with Crippen LogP contribution in [-0.4, -0.2) is 30.3 Å². The minimum absolute atomic E-state index is 0.0719. The largest absolute Gasteiger partial charge is 0.389 e. The van der Waals surface area contributed by atoms with E-state index >= 15 is 0 Å². The Bertz CT molecular complexity index is 515. The SMILES string of the molecule is OC1CN(c2ccccc2)CC1Nc1ccccc1. The van der Waals surface area contributed by atoms with Crippen LogP contribution in [0.3, 0.4) is 0 Å². The maximum absolute atomic E-state index is 10.2. The third-order valence-electron chi connectivity index (χ3n) is 3.54. The lowest BCUT2D eigenvalue weighted by atomic mass is 10.2. The molecule has 0 spiro atoms. The van der Waals surface area contributed by atoms with Crippen molar-refractivity contribution >= 4 is 11.4 Å². The van der Waals surface area contributed by atoms with Gasteiger partial charge in [0.05, 0.1) is 12.1 Å². The molecule has 1 aliphatic rings. The highest BCUT2D eigenvalue weighted by Gasteiger charge is 2.31. The number of nitrogens with one attached hydrogen (secondary N) is 1. The molecule has 1 aliphatic heterocycles. The van der Waals surface area contributed by atoms with Gasteiger partial charge in [-0.3, -0.25) is 0 Å². The van der Waals surface area contributed by atoms with Crippen molar-refractivity contribution in [2.45, 2.75) is 12.1 Å². The Morgan fingerprint density at radius 1 is 0.895 bits per heavy atom. The van der Waals surface area contributed by atoms with E-state index in [1.807, 2.05) is 48.5 Å². The molecular formula is C16H18N2O. The van der Waals surface area contributed by atoms with Gasteiger partial charge in [0.1, 0.15) is 0 Å². The predicted molar refractivity (Wildman–Crippen MR) is 78.5 cm³/mol. The van der Waals surface area contributed by atoms with Crippen LogP contribution in [0.25, 0.3) is 0 Å². The number of hydrogen-bond acceptors (Lipinski definition) is 3. The molecule has 2 aromatic rings. The van der Waals surface area contributed by atoms with Crippen LogP contribution in [0.1, 0.15) is 0 Å². The normalized spacial score (nSPS) is 22.5. The Morgan fingerprint density at radius 2 is 1.53 bits per heavy atom. The average Bonchev–Trinajstić information content (AvgIpc) is 2.82. The lowest BCUT2D eigenvalue weighted by Gasteiger charge is -2.19. The molecule has 0 amide bonds. The highest BCUT2D eigenvalue weighted by molar-refractivity contribution is 5.50. The molecule has 0 aliphatic carbocycles. The van der Waals surface area contributed by atoms with Gasteiger partial charge in [-0.05, 0) is 24.3 Å². The molecular weight excluding hydrogens is 236 g/mol. The molecule has 2 atom stereocenters. The zero-order valence-electron chi connectivity index (χ0n) is 10.7. The molecule has 0 radical (unpaired) electrons. The molecule has 0 aromatic heterocycles. The summed E-state index contributed by atoms with van der Waals surface area (Å²) in [7, 11) is 0. The van der Waals surface area contributed by atoms with Crippen LogP contribution in [0.15, 0.2) is 60.7 Å². The summed E-state index contributed by atoms with van der Waals surface area (Å²) in [5.74, 6) is 0. The van der Waals surface area contributed by atoms with Gasteiger partial charge in [0, 0.05) is 24.5 Å². The summed E-state index contributed by atoms with van der Waals surface area (Å²) in [5.41, 5.74) is 2.22. The molecule has 3 nitrogen and oxygen atoms in total. The summed E-state index contributed by atoms with van der Waals surface area (Å²) in [6.45, 7) is 1.49. The number of rotatable bonds is 3. The van der Waals surface area contributed by atoms with E-state index in [4.69, 9.17) is 0 Å². The van der Waals surface area contributed by atoms with E-state index in [0.717, 1.165) is 12.2 Å². The van der Waals surface area contributed by atoms with Crippen molar-refractivity contribution in [3.05, 3.63) is 60.7 Å². The van der Waals surface area contributed by atoms with Crippen molar-refractivity contribution in [1.82, 2.24) is 0 Å². The third kappa shape index (κ3) is 2.71. The van der Waals surface area contributed by atoms with E-state index in [1.165, 1.54) is 5.69 Å². The van der Waals surface area contributed by atoms with Crippen LogP contribution >= 0.6 is 0 Å². The Hall–Kier alpha value is -2.00. The molecule has 3 heteroatoms. The van der Waals surface area contributed by atoms with Gasteiger partial charge in [-0.15, -0.1) is 0 Å². The number of aliphatic hydroxyl groups excluding tert-OH is 1. The molecule has 0 saturated carbocycles. The zero-order chi connectivity index (χ0) is 13.1. The number of β-amino-alcohol motifs (C(OH)–C–C–N with tert-alkyl or cyclic N) is 1. The predicted octanol–water partition coefficient (Wildman–Crippen LogP) is 2.35. The van der Waals surface area contributed by atoms with Crippen molar-refractivity contribution in [3.63, 3.8) is 0 Å². The number of nitrogens with zero attached hydrogens (tertiary/aromatic N) is 1. The highest BCUT2D eigenvalue weighted by Crippen LogP contribution is 2.22. The lowest BCUT2D eigenvalue weighted by molar-refractivity contribution is 0.187. The van der Waals surface area contributed by atoms with Gasteiger partial charge in [-0.2, -0.15) is 0 Å². The molecule has 98 valence electrons. The van der Waals surface area contributed by atoms with Crippen molar-refractivity contribution in [1.29, 1.82) is 0 Å². The van der Waals surface area contributed by atoms with E-state index in [-0.39, 0.29) is 12.1 Å². The van der Waals surface area contributed by atoms with Crippen molar-refractivity contribution in [3.8, 4) is 0 Å². The van der Waals surface area contributed by atoms with Crippen molar-refractivity contribution < 1.29 is 5.11 Å². The average molecular weight is 254 g/mol. The quantitative estimate of drug-likeness (QED) is 0.882. The van der Waals surface area contributed by atoms with Crippen LogP contribution in [0.4, 0.5) is 11.4 Å². The van der Waals surface area contributed by atoms with Crippen LogP contribution < -0.4 is 10.2 Å². The number of anilines is 2. The van der Waals surface area contributed by atoms with E-state index in [2.05, 4.69) is 22.3 Å². The minimum Gasteiger partial charge on any atom is -0.389 e. The summed E-state index contributed by atoms with van der Waals surface area (Å²) in [6.07, 6.45) is -0.347.